The zero-order chi connectivity index (χ0) is 11.4. The standard InChI is InChI=1S/C13H14OS2/c1-2-15-11-7-5-10(6-8-11)13(14)12-4-3-9-16-12/h3-9,13-14H,2H2,1H3. The predicted molar refractivity (Wildman–Crippen MR) is 71.2 cm³/mol. The molecule has 0 saturated carbocycles. The molecular weight excluding hydrogens is 236 g/mol. The van der Waals surface area contributed by atoms with Gasteiger partial charge in [-0.1, -0.05) is 25.1 Å². The molecule has 2 rings (SSSR count). The highest BCUT2D eigenvalue weighted by molar-refractivity contribution is 7.99. The third-order valence-corrected chi connectivity index (χ3v) is 4.14. The van der Waals surface area contributed by atoms with Crippen molar-refractivity contribution in [3.8, 4) is 0 Å². The summed E-state index contributed by atoms with van der Waals surface area (Å²) in [5, 5.41) is 12.1. The monoisotopic (exact) mass is 250 g/mol. The molecule has 1 nitrogen and oxygen atoms in total. The molecule has 0 amide bonds. The maximum absolute atomic E-state index is 10.1. The third kappa shape index (κ3) is 2.67. The average Bonchev–Trinajstić information content (AvgIpc) is 2.83. The molecule has 1 N–H and O–H groups in total. The Morgan fingerprint density at radius 1 is 1.25 bits per heavy atom. The summed E-state index contributed by atoms with van der Waals surface area (Å²) in [5.41, 5.74) is 0.961. The molecule has 0 aliphatic carbocycles. The number of thiophene rings is 1. The van der Waals surface area contributed by atoms with Crippen molar-refractivity contribution in [2.75, 3.05) is 5.75 Å². The van der Waals surface area contributed by atoms with Gasteiger partial charge in [-0.3, -0.25) is 0 Å². The summed E-state index contributed by atoms with van der Waals surface area (Å²) >= 11 is 3.40. The van der Waals surface area contributed by atoms with Crippen molar-refractivity contribution in [2.45, 2.75) is 17.9 Å². The van der Waals surface area contributed by atoms with Gasteiger partial charge in [0.2, 0.25) is 0 Å². The molecule has 0 spiro atoms. The van der Waals surface area contributed by atoms with E-state index in [1.54, 1.807) is 11.3 Å². The average molecular weight is 250 g/mol. The van der Waals surface area contributed by atoms with Crippen molar-refractivity contribution < 1.29 is 5.11 Å². The first-order chi connectivity index (χ1) is 7.81. The Kier molecular flexibility index (Phi) is 4.04. The summed E-state index contributed by atoms with van der Waals surface area (Å²) in [6.07, 6.45) is -0.485. The Balaban J connectivity index is 2.15. The van der Waals surface area contributed by atoms with Crippen LogP contribution in [0, 0.1) is 0 Å². The molecule has 1 aromatic heterocycles. The van der Waals surface area contributed by atoms with Gasteiger partial charge in [0.15, 0.2) is 0 Å². The first-order valence-electron chi connectivity index (χ1n) is 5.25. The topological polar surface area (TPSA) is 20.2 Å². The Morgan fingerprint density at radius 2 is 2.00 bits per heavy atom. The molecule has 0 bridgehead atoms. The van der Waals surface area contributed by atoms with Crippen LogP contribution < -0.4 is 0 Å². The highest BCUT2D eigenvalue weighted by Gasteiger charge is 2.10. The number of benzene rings is 1. The molecule has 1 heterocycles. The van der Waals surface area contributed by atoms with Gasteiger partial charge in [0, 0.05) is 9.77 Å². The molecule has 0 radical (unpaired) electrons. The zero-order valence-corrected chi connectivity index (χ0v) is 10.7. The Hall–Kier alpha value is -0.770. The van der Waals surface area contributed by atoms with E-state index in [-0.39, 0.29) is 0 Å². The first-order valence-corrected chi connectivity index (χ1v) is 7.12. The number of thioether (sulfide) groups is 1. The van der Waals surface area contributed by atoms with Crippen LogP contribution in [0.3, 0.4) is 0 Å². The molecule has 16 heavy (non-hydrogen) atoms. The molecule has 1 aromatic carbocycles. The fourth-order valence-corrected chi connectivity index (χ4v) is 2.92. The van der Waals surface area contributed by atoms with Crippen LogP contribution in [0.5, 0.6) is 0 Å². The summed E-state index contributed by atoms with van der Waals surface area (Å²) in [4.78, 5) is 2.25. The molecule has 0 aliphatic heterocycles. The van der Waals surface area contributed by atoms with Gasteiger partial charge in [-0.2, -0.15) is 0 Å². The predicted octanol–water partition coefficient (Wildman–Crippen LogP) is 3.94. The van der Waals surface area contributed by atoms with Crippen molar-refractivity contribution in [2.24, 2.45) is 0 Å². The summed E-state index contributed by atoms with van der Waals surface area (Å²) < 4.78 is 0. The van der Waals surface area contributed by atoms with Crippen LogP contribution in [0.2, 0.25) is 0 Å². The van der Waals surface area contributed by atoms with Crippen LogP contribution >= 0.6 is 23.1 Å². The maximum Gasteiger partial charge on any atom is 0.113 e. The van der Waals surface area contributed by atoms with E-state index in [1.807, 2.05) is 41.4 Å². The van der Waals surface area contributed by atoms with Gasteiger partial charge >= 0.3 is 0 Å². The van der Waals surface area contributed by atoms with E-state index < -0.39 is 6.10 Å². The number of aliphatic hydroxyl groups is 1. The molecule has 1 atom stereocenters. The molecule has 1 unspecified atom stereocenters. The fourth-order valence-electron chi connectivity index (χ4n) is 1.52. The second kappa shape index (κ2) is 5.53. The van der Waals surface area contributed by atoms with Crippen LogP contribution in [0.1, 0.15) is 23.5 Å². The summed E-state index contributed by atoms with van der Waals surface area (Å²) in [7, 11) is 0. The SMILES string of the molecule is CCSc1ccc(C(O)c2cccs2)cc1. The van der Waals surface area contributed by atoms with Gasteiger partial charge in [-0.25, -0.2) is 0 Å². The van der Waals surface area contributed by atoms with Crippen LogP contribution in [-0.4, -0.2) is 10.9 Å². The summed E-state index contributed by atoms with van der Waals surface area (Å²) in [6.45, 7) is 2.14. The molecule has 0 saturated heterocycles. The largest absolute Gasteiger partial charge is 0.383 e. The van der Waals surface area contributed by atoms with Gasteiger partial charge in [0.25, 0.3) is 0 Å². The molecule has 0 aliphatic rings. The third-order valence-electron chi connectivity index (χ3n) is 2.32. The van der Waals surface area contributed by atoms with Crippen LogP contribution in [0.4, 0.5) is 0 Å². The van der Waals surface area contributed by atoms with Crippen molar-refractivity contribution in [1.29, 1.82) is 0 Å². The first kappa shape index (κ1) is 11.7. The second-order valence-corrected chi connectivity index (χ2v) is 5.74. The highest BCUT2D eigenvalue weighted by Crippen LogP contribution is 2.27. The van der Waals surface area contributed by atoms with E-state index in [2.05, 4.69) is 19.1 Å². The molecule has 2 aromatic rings. The summed E-state index contributed by atoms with van der Waals surface area (Å²) in [6, 6.07) is 12.1. The number of rotatable bonds is 4. The molecular formula is C13H14OS2. The minimum atomic E-state index is -0.485. The molecule has 3 heteroatoms. The van der Waals surface area contributed by atoms with Crippen molar-refractivity contribution in [3.63, 3.8) is 0 Å². The van der Waals surface area contributed by atoms with Crippen LogP contribution in [0.25, 0.3) is 0 Å². The van der Waals surface area contributed by atoms with E-state index in [1.165, 1.54) is 4.90 Å². The van der Waals surface area contributed by atoms with E-state index >= 15 is 0 Å². The van der Waals surface area contributed by atoms with Crippen LogP contribution in [0.15, 0.2) is 46.7 Å². The van der Waals surface area contributed by atoms with Crippen molar-refractivity contribution >= 4 is 23.1 Å². The van der Waals surface area contributed by atoms with E-state index in [4.69, 9.17) is 0 Å². The smallest absolute Gasteiger partial charge is 0.113 e. The number of hydrogen-bond donors (Lipinski definition) is 1. The van der Waals surface area contributed by atoms with E-state index in [0.29, 0.717) is 0 Å². The Labute approximate surface area is 104 Å². The lowest BCUT2D eigenvalue weighted by Crippen LogP contribution is -1.96. The van der Waals surface area contributed by atoms with Gasteiger partial charge < -0.3 is 5.11 Å². The lowest BCUT2D eigenvalue weighted by atomic mass is 10.1. The molecule has 0 fully saturated rings. The fraction of sp³-hybridized carbons (Fsp3) is 0.231. The molecule has 84 valence electrons. The quantitative estimate of drug-likeness (QED) is 0.829. The minimum Gasteiger partial charge on any atom is -0.383 e. The van der Waals surface area contributed by atoms with Gasteiger partial charge in [-0.05, 0) is 34.9 Å². The number of hydrogen-bond acceptors (Lipinski definition) is 3. The Morgan fingerprint density at radius 3 is 2.56 bits per heavy atom. The lowest BCUT2D eigenvalue weighted by molar-refractivity contribution is 0.224. The second-order valence-electron chi connectivity index (χ2n) is 3.42. The van der Waals surface area contributed by atoms with Gasteiger partial charge in [0.05, 0.1) is 0 Å². The minimum absolute atomic E-state index is 0.485. The Bertz CT molecular complexity index is 420. The summed E-state index contributed by atoms with van der Waals surface area (Å²) in [5.74, 6) is 1.08. The normalized spacial score (nSPS) is 12.6. The zero-order valence-electron chi connectivity index (χ0n) is 9.09. The van der Waals surface area contributed by atoms with Gasteiger partial charge in [0.1, 0.15) is 6.10 Å². The van der Waals surface area contributed by atoms with Gasteiger partial charge in [-0.15, -0.1) is 23.1 Å². The lowest BCUT2D eigenvalue weighted by Gasteiger charge is -2.09. The van der Waals surface area contributed by atoms with E-state index in [9.17, 15) is 5.11 Å². The van der Waals surface area contributed by atoms with Crippen molar-refractivity contribution in [1.82, 2.24) is 0 Å². The maximum atomic E-state index is 10.1. The van der Waals surface area contributed by atoms with E-state index in [0.717, 1.165) is 16.2 Å². The highest BCUT2D eigenvalue weighted by atomic mass is 32.2. The van der Waals surface area contributed by atoms with Crippen LogP contribution in [-0.2, 0) is 0 Å². The number of aliphatic hydroxyl groups excluding tert-OH is 1. The van der Waals surface area contributed by atoms with Crippen molar-refractivity contribution in [3.05, 3.63) is 52.2 Å².